The van der Waals surface area contributed by atoms with Gasteiger partial charge in [0.1, 0.15) is 0 Å². The van der Waals surface area contributed by atoms with Crippen LogP contribution in [0.5, 0.6) is 0 Å². The summed E-state index contributed by atoms with van der Waals surface area (Å²) in [7, 11) is 2.11. The highest BCUT2D eigenvalue weighted by molar-refractivity contribution is 5.09. The largest absolute Gasteiger partial charge is 0.315 e. The van der Waals surface area contributed by atoms with Gasteiger partial charge in [0.05, 0.1) is 0 Å². The highest BCUT2D eigenvalue weighted by atomic mass is 15.1. The molecule has 1 fully saturated rings. The second kappa shape index (κ2) is 7.61. The number of hydrogen-bond acceptors (Lipinski definition) is 3. The van der Waals surface area contributed by atoms with Gasteiger partial charge in [0.15, 0.2) is 0 Å². The van der Waals surface area contributed by atoms with Gasteiger partial charge in [-0.15, -0.1) is 0 Å². The Hall–Kier alpha value is -0.930. The predicted molar refractivity (Wildman–Crippen MR) is 80.0 cm³/mol. The maximum Gasteiger partial charge on any atom is 0.0271 e. The predicted octanol–water partition coefficient (Wildman–Crippen LogP) is 2.68. The molecule has 1 saturated carbocycles. The smallest absolute Gasteiger partial charge is 0.0271 e. The molecule has 2 rings (SSSR count). The summed E-state index contributed by atoms with van der Waals surface area (Å²) in [4.78, 5) is 6.62. The van der Waals surface area contributed by atoms with Gasteiger partial charge in [-0.3, -0.25) is 9.88 Å². The van der Waals surface area contributed by atoms with E-state index in [2.05, 4.69) is 41.3 Å². The summed E-state index contributed by atoms with van der Waals surface area (Å²) in [5.74, 6) is 0.872. The van der Waals surface area contributed by atoms with Crippen molar-refractivity contribution >= 4 is 0 Å². The summed E-state index contributed by atoms with van der Waals surface area (Å²) in [6.45, 7) is 5.54. The normalized spacial score (nSPS) is 18.1. The third-order valence-electron chi connectivity index (χ3n) is 4.40. The van der Waals surface area contributed by atoms with E-state index in [4.69, 9.17) is 0 Å². The summed E-state index contributed by atoms with van der Waals surface area (Å²) in [5, 5.41) is 3.54. The van der Waals surface area contributed by atoms with E-state index in [0.29, 0.717) is 6.04 Å². The molecule has 3 heteroatoms. The molecule has 0 spiro atoms. The first-order valence-electron chi connectivity index (χ1n) is 7.62. The molecule has 1 aromatic rings. The molecule has 106 valence electrons. The summed E-state index contributed by atoms with van der Waals surface area (Å²) >= 11 is 0. The summed E-state index contributed by atoms with van der Waals surface area (Å²) in [6.07, 6.45) is 9.40. The van der Waals surface area contributed by atoms with Crippen molar-refractivity contribution in [3.05, 3.63) is 30.1 Å². The second-order valence-corrected chi connectivity index (χ2v) is 5.62. The zero-order valence-corrected chi connectivity index (χ0v) is 12.3. The third kappa shape index (κ3) is 4.29. The van der Waals surface area contributed by atoms with Gasteiger partial charge in [0.25, 0.3) is 0 Å². The van der Waals surface area contributed by atoms with Crippen LogP contribution in [0.2, 0.25) is 0 Å². The number of aromatic nitrogens is 1. The van der Waals surface area contributed by atoms with E-state index >= 15 is 0 Å². The number of nitrogens with one attached hydrogen (secondary N) is 1. The van der Waals surface area contributed by atoms with Crippen LogP contribution < -0.4 is 5.32 Å². The van der Waals surface area contributed by atoms with Crippen LogP contribution >= 0.6 is 0 Å². The fourth-order valence-electron chi connectivity index (χ4n) is 3.17. The number of likely N-dealkylation sites (N-methyl/N-ethyl adjacent to an activating group) is 2. The molecule has 1 atom stereocenters. The molecule has 0 bridgehead atoms. The summed E-state index contributed by atoms with van der Waals surface area (Å²) in [6, 6.07) is 4.88. The van der Waals surface area contributed by atoms with Crippen LogP contribution in [-0.2, 0) is 6.54 Å². The second-order valence-electron chi connectivity index (χ2n) is 5.62. The maximum absolute atomic E-state index is 4.09. The fraction of sp³-hybridized carbons (Fsp3) is 0.688. The van der Waals surface area contributed by atoms with Gasteiger partial charge in [0, 0.05) is 31.5 Å². The Morgan fingerprint density at radius 2 is 2.00 bits per heavy atom. The minimum atomic E-state index is 0.643. The monoisotopic (exact) mass is 261 g/mol. The molecular formula is C16H27N3. The molecule has 3 nitrogen and oxygen atoms in total. The van der Waals surface area contributed by atoms with E-state index in [1.807, 2.05) is 12.4 Å². The quantitative estimate of drug-likeness (QED) is 0.818. The summed E-state index contributed by atoms with van der Waals surface area (Å²) in [5.41, 5.74) is 1.36. The first-order chi connectivity index (χ1) is 9.33. The van der Waals surface area contributed by atoms with Crippen LogP contribution in [-0.4, -0.2) is 36.1 Å². The van der Waals surface area contributed by atoms with E-state index in [9.17, 15) is 0 Å². The number of nitrogens with zero attached hydrogens (tertiary/aromatic N) is 2. The lowest BCUT2D eigenvalue weighted by atomic mass is 9.97. The van der Waals surface area contributed by atoms with Crippen molar-refractivity contribution in [2.75, 3.05) is 20.1 Å². The van der Waals surface area contributed by atoms with Crippen LogP contribution in [0.15, 0.2) is 24.5 Å². The molecule has 0 aromatic carbocycles. The van der Waals surface area contributed by atoms with Gasteiger partial charge in [-0.1, -0.05) is 19.8 Å². The standard InChI is InChI=1S/C16H27N3/c1-3-19(12-14-8-10-18-11-9-14)13-16(17-2)15-6-4-5-7-15/h8-11,15-17H,3-7,12-13H2,1-2H3. The topological polar surface area (TPSA) is 28.2 Å². The zero-order valence-electron chi connectivity index (χ0n) is 12.3. The van der Waals surface area contributed by atoms with Crippen LogP contribution in [0.4, 0.5) is 0 Å². The molecule has 1 heterocycles. The Morgan fingerprint density at radius 1 is 1.32 bits per heavy atom. The van der Waals surface area contributed by atoms with Gasteiger partial charge in [-0.2, -0.15) is 0 Å². The fourth-order valence-corrected chi connectivity index (χ4v) is 3.17. The van der Waals surface area contributed by atoms with Crippen molar-refractivity contribution in [1.29, 1.82) is 0 Å². The van der Waals surface area contributed by atoms with Gasteiger partial charge in [-0.05, 0) is 50.0 Å². The highest BCUT2D eigenvalue weighted by Gasteiger charge is 2.25. The Kier molecular flexibility index (Phi) is 5.80. The van der Waals surface area contributed by atoms with E-state index < -0.39 is 0 Å². The Morgan fingerprint density at radius 3 is 2.58 bits per heavy atom. The maximum atomic E-state index is 4.09. The molecular weight excluding hydrogens is 234 g/mol. The van der Waals surface area contributed by atoms with E-state index in [0.717, 1.165) is 25.6 Å². The van der Waals surface area contributed by atoms with Crippen molar-refractivity contribution in [3.63, 3.8) is 0 Å². The van der Waals surface area contributed by atoms with Crippen LogP contribution in [0.25, 0.3) is 0 Å². The van der Waals surface area contributed by atoms with Gasteiger partial charge in [0.2, 0.25) is 0 Å². The van der Waals surface area contributed by atoms with Crippen LogP contribution in [0.3, 0.4) is 0 Å². The van der Waals surface area contributed by atoms with Crippen LogP contribution in [0, 0.1) is 5.92 Å². The van der Waals surface area contributed by atoms with Crippen LogP contribution in [0.1, 0.15) is 38.2 Å². The van der Waals surface area contributed by atoms with Gasteiger partial charge >= 0.3 is 0 Å². The Bertz CT molecular complexity index is 346. The van der Waals surface area contributed by atoms with E-state index in [-0.39, 0.29) is 0 Å². The van der Waals surface area contributed by atoms with Gasteiger partial charge in [-0.25, -0.2) is 0 Å². The minimum Gasteiger partial charge on any atom is -0.315 e. The Balaban J connectivity index is 1.89. The first-order valence-corrected chi connectivity index (χ1v) is 7.62. The van der Waals surface area contributed by atoms with Crippen molar-refractivity contribution in [2.24, 2.45) is 5.92 Å². The van der Waals surface area contributed by atoms with Gasteiger partial charge < -0.3 is 5.32 Å². The molecule has 1 unspecified atom stereocenters. The minimum absolute atomic E-state index is 0.643. The molecule has 0 aliphatic heterocycles. The lowest BCUT2D eigenvalue weighted by Gasteiger charge is -2.30. The average Bonchev–Trinajstić information content (AvgIpc) is 2.98. The molecule has 0 radical (unpaired) electrons. The SMILES string of the molecule is CCN(Cc1ccncc1)CC(NC)C1CCCC1. The lowest BCUT2D eigenvalue weighted by molar-refractivity contribution is 0.215. The number of pyridine rings is 1. The molecule has 1 aliphatic carbocycles. The Labute approximate surface area is 117 Å². The van der Waals surface area contributed by atoms with Crippen molar-refractivity contribution < 1.29 is 0 Å². The summed E-state index contributed by atoms with van der Waals surface area (Å²) < 4.78 is 0. The molecule has 1 N–H and O–H groups in total. The molecule has 1 aliphatic rings. The molecule has 0 amide bonds. The van der Waals surface area contributed by atoms with Crippen molar-refractivity contribution in [3.8, 4) is 0 Å². The first kappa shape index (κ1) is 14.5. The third-order valence-corrected chi connectivity index (χ3v) is 4.40. The zero-order chi connectivity index (χ0) is 13.5. The highest BCUT2D eigenvalue weighted by Crippen LogP contribution is 2.28. The van der Waals surface area contributed by atoms with Crippen molar-refractivity contribution in [2.45, 2.75) is 45.2 Å². The molecule has 19 heavy (non-hydrogen) atoms. The molecule has 0 saturated heterocycles. The lowest BCUT2D eigenvalue weighted by Crippen LogP contribution is -2.43. The van der Waals surface area contributed by atoms with E-state index in [1.165, 1.54) is 31.2 Å². The number of rotatable bonds is 7. The molecule has 1 aromatic heterocycles. The average molecular weight is 261 g/mol. The van der Waals surface area contributed by atoms with Crippen molar-refractivity contribution in [1.82, 2.24) is 15.2 Å². The van der Waals surface area contributed by atoms with E-state index in [1.54, 1.807) is 0 Å². The number of hydrogen-bond donors (Lipinski definition) is 1.